The fourth-order valence-electron chi connectivity index (χ4n) is 7.46. The molecule has 28 heavy (non-hydrogen) atoms. The number of hydrogen-bond donors (Lipinski definition) is 1. The lowest BCUT2D eigenvalue weighted by Gasteiger charge is -2.57. The highest BCUT2D eigenvalue weighted by Gasteiger charge is 2.58. The fraction of sp³-hybridized carbons (Fsp3) is 0.833. The van der Waals surface area contributed by atoms with Gasteiger partial charge in [-0.1, -0.05) is 19.4 Å². The molecular weight excluding hydrogens is 348 g/mol. The van der Waals surface area contributed by atoms with Gasteiger partial charge in [-0.3, -0.25) is 9.79 Å². The monoisotopic (exact) mass is 384 g/mol. The Balaban J connectivity index is 1.31. The summed E-state index contributed by atoms with van der Waals surface area (Å²) < 4.78 is 5.91. The quantitative estimate of drug-likeness (QED) is 0.789. The summed E-state index contributed by atoms with van der Waals surface area (Å²) in [7, 11) is 0. The third-order valence-electron chi connectivity index (χ3n) is 9.28. The Morgan fingerprint density at radius 2 is 1.93 bits per heavy atom. The van der Waals surface area contributed by atoms with Crippen LogP contribution in [0.15, 0.2) is 16.6 Å². The van der Waals surface area contributed by atoms with E-state index in [0.717, 1.165) is 57.0 Å². The summed E-state index contributed by atoms with van der Waals surface area (Å²) in [6.07, 6.45) is 13.0. The number of ether oxygens (including phenoxy) is 1. The van der Waals surface area contributed by atoms with E-state index < -0.39 is 0 Å². The Bertz CT molecular complexity index is 707. The van der Waals surface area contributed by atoms with Gasteiger partial charge in [0.25, 0.3) is 0 Å². The van der Waals surface area contributed by atoms with Gasteiger partial charge in [0.1, 0.15) is 12.5 Å². The van der Waals surface area contributed by atoms with Gasteiger partial charge in [-0.15, -0.1) is 0 Å². The van der Waals surface area contributed by atoms with E-state index in [0.29, 0.717) is 30.0 Å². The number of nitrogens with one attached hydrogen (secondary N) is 1. The summed E-state index contributed by atoms with van der Waals surface area (Å²) in [4.78, 5) is 17.4. The highest BCUT2D eigenvalue weighted by Crippen LogP contribution is 2.64. The number of allylic oxidation sites excluding steroid dienone is 2. The van der Waals surface area contributed by atoms with Crippen molar-refractivity contribution >= 4 is 11.5 Å². The molecule has 4 nitrogen and oxygen atoms in total. The number of hydrogen-bond acceptors (Lipinski definition) is 4. The van der Waals surface area contributed by atoms with E-state index in [4.69, 9.17) is 9.73 Å². The van der Waals surface area contributed by atoms with E-state index >= 15 is 0 Å². The van der Waals surface area contributed by atoms with Gasteiger partial charge in [0, 0.05) is 24.1 Å². The van der Waals surface area contributed by atoms with Crippen LogP contribution in [0.4, 0.5) is 0 Å². The lowest BCUT2D eigenvalue weighted by atomic mass is 9.47. The van der Waals surface area contributed by atoms with Gasteiger partial charge in [0.15, 0.2) is 0 Å². The van der Waals surface area contributed by atoms with Crippen molar-refractivity contribution < 1.29 is 9.53 Å². The topological polar surface area (TPSA) is 50.7 Å². The molecule has 4 unspecified atom stereocenters. The molecule has 1 aliphatic heterocycles. The van der Waals surface area contributed by atoms with Crippen LogP contribution in [0.1, 0.15) is 71.6 Å². The average molecular weight is 385 g/mol. The summed E-state index contributed by atoms with van der Waals surface area (Å²) >= 11 is 0. The molecular formula is C24H36N2O2. The van der Waals surface area contributed by atoms with Gasteiger partial charge in [-0.05, 0) is 87.2 Å². The van der Waals surface area contributed by atoms with Crippen LogP contribution in [0.5, 0.6) is 0 Å². The molecule has 154 valence electrons. The molecule has 4 aliphatic carbocycles. The zero-order valence-corrected chi connectivity index (χ0v) is 17.6. The zero-order valence-electron chi connectivity index (χ0n) is 17.6. The molecule has 1 N–H and O–H groups in total. The molecule has 6 atom stereocenters. The van der Waals surface area contributed by atoms with Gasteiger partial charge in [-0.25, -0.2) is 0 Å². The summed E-state index contributed by atoms with van der Waals surface area (Å²) in [5.41, 5.74) is 3.19. The summed E-state index contributed by atoms with van der Waals surface area (Å²) in [6.45, 7) is 7.35. The van der Waals surface area contributed by atoms with E-state index in [2.05, 4.69) is 25.2 Å². The van der Waals surface area contributed by atoms with Crippen LogP contribution in [0.25, 0.3) is 0 Å². The maximum Gasteiger partial charge on any atom is 0.139 e. The summed E-state index contributed by atoms with van der Waals surface area (Å²) in [5, 5.41) is 3.34. The predicted octanol–water partition coefficient (Wildman–Crippen LogP) is 4.30. The lowest BCUT2D eigenvalue weighted by molar-refractivity contribution is -0.132. The second kappa shape index (κ2) is 7.05. The van der Waals surface area contributed by atoms with Gasteiger partial charge in [0.05, 0.1) is 6.10 Å². The van der Waals surface area contributed by atoms with Crippen LogP contribution >= 0.6 is 0 Å². The normalized spacial score (nSPS) is 46.9. The second-order valence-corrected chi connectivity index (χ2v) is 10.5. The Labute approximate surface area is 169 Å². The average Bonchev–Trinajstić information content (AvgIpc) is 3.30. The molecule has 1 heterocycles. The molecule has 0 aromatic rings. The lowest BCUT2D eigenvalue weighted by Crippen LogP contribution is -2.50. The van der Waals surface area contributed by atoms with E-state index in [-0.39, 0.29) is 5.41 Å². The van der Waals surface area contributed by atoms with Crippen LogP contribution in [-0.2, 0) is 9.53 Å². The van der Waals surface area contributed by atoms with E-state index in [1.165, 1.54) is 31.4 Å². The molecule has 4 fully saturated rings. The van der Waals surface area contributed by atoms with E-state index in [1.807, 2.05) is 0 Å². The largest absolute Gasteiger partial charge is 0.355 e. The van der Waals surface area contributed by atoms with Gasteiger partial charge in [0.2, 0.25) is 0 Å². The molecule has 3 saturated carbocycles. The van der Waals surface area contributed by atoms with Gasteiger partial charge in [-0.2, -0.15) is 0 Å². The number of ketones is 1. The number of fused-ring (bicyclic) bond motifs is 5. The highest BCUT2D eigenvalue weighted by molar-refractivity contribution is 5.96. The first-order chi connectivity index (χ1) is 13.5. The second-order valence-electron chi connectivity index (χ2n) is 10.5. The van der Waals surface area contributed by atoms with E-state index in [1.54, 1.807) is 5.57 Å². The highest BCUT2D eigenvalue weighted by atomic mass is 16.5. The third kappa shape index (κ3) is 2.94. The molecule has 0 aromatic heterocycles. The standard InChI is InChI=1S/C24H36N2O2/c1-23-10-7-17(26-15-28-18-9-12-25-14-18)13-16(23)3-4-19-20-5-6-22(27)24(20,2)11-8-21(19)23/h13,18-21,25H,3-12,14-15H2,1-2H3/t18?,19?,20?,21?,23-,24-/m0/s1. The fourth-order valence-corrected chi connectivity index (χ4v) is 7.46. The smallest absolute Gasteiger partial charge is 0.139 e. The van der Waals surface area contributed by atoms with Crippen molar-refractivity contribution in [1.29, 1.82) is 0 Å². The molecule has 0 amide bonds. The number of aliphatic imine (C=N–C) groups is 1. The van der Waals surface area contributed by atoms with Crippen molar-refractivity contribution in [3.8, 4) is 0 Å². The van der Waals surface area contributed by atoms with E-state index in [9.17, 15) is 4.79 Å². The van der Waals surface area contributed by atoms with Crippen molar-refractivity contribution in [2.24, 2.45) is 33.6 Å². The number of carbonyl (C=O) groups is 1. The van der Waals surface area contributed by atoms with Crippen LogP contribution in [-0.4, -0.2) is 37.4 Å². The van der Waals surface area contributed by atoms with Crippen molar-refractivity contribution in [1.82, 2.24) is 5.32 Å². The van der Waals surface area contributed by atoms with Crippen molar-refractivity contribution in [2.45, 2.75) is 77.7 Å². The van der Waals surface area contributed by atoms with Crippen LogP contribution in [0, 0.1) is 28.6 Å². The van der Waals surface area contributed by atoms with Crippen molar-refractivity contribution in [3.63, 3.8) is 0 Å². The predicted molar refractivity (Wildman–Crippen MR) is 111 cm³/mol. The Hall–Kier alpha value is -1.00. The Morgan fingerprint density at radius 1 is 1.07 bits per heavy atom. The van der Waals surface area contributed by atoms with Crippen molar-refractivity contribution in [2.75, 3.05) is 19.8 Å². The SMILES string of the molecule is C[C@]12CCC(=NCOC3CCNC3)C=C1CCC1C2CC[C@]2(C)C(=O)CCC12. The van der Waals surface area contributed by atoms with Gasteiger partial charge >= 0.3 is 0 Å². The minimum atomic E-state index is -0.00748. The molecule has 0 spiro atoms. The minimum absolute atomic E-state index is 0.00748. The van der Waals surface area contributed by atoms with Crippen LogP contribution in [0.2, 0.25) is 0 Å². The molecule has 5 rings (SSSR count). The molecule has 0 bridgehead atoms. The molecule has 5 aliphatic rings. The zero-order chi connectivity index (χ0) is 19.4. The third-order valence-corrected chi connectivity index (χ3v) is 9.28. The number of rotatable bonds is 3. The summed E-state index contributed by atoms with van der Waals surface area (Å²) in [6, 6.07) is 0. The molecule has 4 heteroatoms. The molecule has 0 radical (unpaired) electrons. The number of carbonyl (C=O) groups excluding carboxylic acids is 1. The first kappa shape index (κ1) is 19.0. The maximum absolute atomic E-state index is 12.6. The van der Waals surface area contributed by atoms with Crippen molar-refractivity contribution in [3.05, 3.63) is 11.6 Å². The van der Waals surface area contributed by atoms with Crippen LogP contribution in [0.3, 0.4) is 0 Å². The van der Waals surface area contributed by atoms with Crippen LogP contribution < -0.4 is 5.32 Å². The minimum Gasteiger partial charge on any atom is -0.355 e. The first-order valence-corrected chi connectivity index (χ1v) is 11.6. The Morgan fingerprint density at radius 3 is 2.75 bits per heavy atom. The maximum atomic E-state index is 12.6. The number of nitrogens with zero attached hydrogens (tertiary/aromatic N) is 1. The first-order valence-electron chi connectivity index (χ1n) is 11.6. The molecule has 0 aromatic carbocycles. The molecule has 1 saturated heterocycles. The Kier molecular flexibility index (Phi) is 4.78. The van der Waals surface area contributed by atoms with Gasteiger partial charge < -0.3 is 10.1 Å². The summed E-state index contributed by atoms with van der Waals surface area (Å²) in [5.74, 6) is 2.71. The number of Topliss-reactive ketones (excluding diaryl/α,β-unsaturated/α-hetero) is 1.